The van der Waals surface area contributed by atoms with Crippen molar-refractivity contribution in [2.45, 2.75) is 58.7 Å². The van der Waals surface area contributed by atoms with Crippen LogP contribution >= 0.6 is 0 Å². The number of nitrogens with zero attached hydrogens (tertiary/aromatic N) is 1. The van der Waals surface area contributed by atoms with Crippen LogP contribution in [0.25, 0.3) is 0 Å². The van der Waals surface area contributed by atoms with Crippen LogP contribution in [0.1, 0.15) is 47.0 Å². The maximum atomic E-state index is 12.6. The predicted molar refractivity (Wildman–Crippen MR) is 84.1 cm³/mol. The molecule has 5 heteroatoms. The summed E-state index contributed by atoms with van der Waals surface area (Å²) in [7, 11) is 1.67. The highest BCUT2D eigenvalue weighted by Gasteiger charge is 2.46. The van der Waals surface area contributed by atoms with Crippen LogP contribution in [0.15, 0.2) is 0 Å². The average molecular weight is 300 g/mol. The minimum atomic E-state index is -0.406. The predicted octanol–water partition coefficient (Wildman–Crippen LogP) is 2.01. The molecule has 1 heterocycles. The summed E-state index contributed by atoms with van der Waals surface area (Å²) >= 11 is 0. The van der Waals surface area contributed by atoms with E-state index >= 15 is 0 Å². The van der Waals surface area contributed by atoms with Gasteiger partial charge in [-0.15, -0.1) is 0 Å². The average Bonchev–Trinajstić information content (AvgIpc) is 2.66. The molecule has 0 radical (unpaired) electrons. The normalized spacial score (nSPS) is 26.1. The topological polar surface area (TPSA) is 50.8 Å². The van der Waals surface area contributed by atoms with Gasteiger partial charge in [-0.25, -0.2) is 0 Å². The lowest BCUT2D eigenvalue weighted by molar-refractivity contribution is -0.133. The molecule has 1 aliphatic heterocycles. The van der Waals surface area contributed by atoms with Gasteiger partial charge in [0.2, 0.25) is 5.91 Å². The molecule has 124 valence electrons. The van der Waals surface area contributed by atoms with E-state index in [1.54, 1.807) is 7.11 Å². The molecular weight excluding hydrogens is 268 g/mol. The van der Waals surface area contributed by atoms with Gasteiger partial charge in [0.05, 0.1) is 24.9 Å². The summed E-state index contributed by atoms with van der Waals surface area (Å²) in [6.45, 7) is 11.1. The number of ether oxygens (including phenoxy) is 2. The molecule has 0 aromatic heterocycles. The van der Waals surface area contributed by atoms with Crippen molar-refractivity contribution >= 4 is 5.91 Å². The zero-order valence-corrected chi connectivity index (χ0v) is 14.3. The van der Waals surface area contributed by atoms with Crippen LogP contribution in [-0.2, 0) is 14.3 Å². The molecule has 5 nitrogen and oxygen atoms in total. The van der Waals surface area contributed by atoms with Gasteiger partial charge in [-0.2, -0.15) is 0 Å². The Morgan fingerprint density at radius 1 is 1.33 bits per heavy atom. The zero-order valence-electron chi connectivity index (χ0n) is 14.3. The molecule has 1 aliphatic rings. The molecule has 0 saturated carbocycles. The Balaban J connectivity index is 2.48. The number of nitrogens with one attached hydrogen (secondary N) is 1. The Hall–Kier alpha value is -0.650. The first kappa shape index (κ1) is 18.4. The van der Waals surface area contributed by atoms with Gasteiger partial charge in [-0.3, -0.25) is 10.1 Å². The molecule has 1 fully saturated rings. The molecule has 0 aliphatic carbocycles. The Morgan fingerprint density at radius 2 is 2.05 bits per heavy atom. The third-order valence-corrected chi connectivity index (χ3v) is 4.12. The molecule has 1 amide bonds. The van der Waals surface area contributed by atoms with Gasteiger partial charge < -0.3 is 14.4 Å². The summed E-state index contributed by atoms with van der Waals surface area (Å²) in [6.07, 6.45) is 2.83. The van der Waals surface area contributed by atoms with E-state index in [9.17, 15) is 4.79 Å². The SMILES string of the molecule is CCC1(C)NC(CC(C)C)N(CCCOCCOC)C1=O. The van der Waals surface area contributed by atoms with Crippen molar-refractivity contribution in [2.24, 2.45) is 5.92 Å². The molecule has 1 saturated heterocycles. The summed E-state index contributed by atoms with van der Waals surface area (Å²) in [5.41, 5.74) is -0.406. The minimum Gasteiger partial charge on any atom is -0.382 e. The van der Waals surface area contributed by atoms with Crippen molar-refractivity contribution in [3.05, 3.63) is 0 Å². The highest BCUT2D eigenvalue weighted by atomic mass is 16.5. The molecule has 0 aromatic carbocycles. The molecule has 2 unspecified atom stereocenters. The number of carbonyl (C=O) groups is 1. The van der Waals surface area contributed by atoms with Crippen molar-refractivity contribution in [2.75, 3.05) is 33.5 Å². The zero-order chi connectivity index (χ0) is 15.9. The lowest BCUT2D eigenvalue weighted by Gasteiger charge is -2.25. The summed E-state index contributed by atoms with van der Waals surface area (Å²) in [5.74, 6) is 0.794. The first-order valence-corrected chi connectivity index (χ1v) is 8.10. The lowest BCUT2D eigenvalue weighted by Crippen LogP contribution is -2.44. The van der Waals surface area contributed by atoms with Crippen molar-refractivity contribution in [1.82, 2.24) is 10.2 Å². The highest BCUT2D eigenvalue weighted by Crippen LogP contribution is 2.26. The lowest BCUT2D eigenvalue weighted by atomic mass is 9.99. The first-order chi connectivity index (χ1) is 9.94. The second-order valence-corrected chi connectivity index (χ2v) is 6.43. The van der Waals surface area contributed by atoms with E-state index in [-0.39, 0.29) is 12.1 Å². The van der Waals surface area contributed by atoms with Gasteiger partial charge >= 0.3 is 0 Å². The highest BCUT2D eigenvalue weighted by molar-refractivity contribution is 5.88. The van der Waals surface area contributed by atoms with Crippen LogP contribution in [0.2, 0.25) is 0 Å². The van der Waals surface area contributed by atoms with Gasteiger partial charge in [0, 0.05) is 20.3 Å². The van der Waals surface area contributed by atoms with Crippen LogP contribution in [-0.4, -0.2) is 56.0 Å². The van der Waals surface area contributed by atoms with E-state index in [4.69, 9.17) is 9.47 Å². The quantitative estimate of drug-likeness (QED) is 0.627. The maximum absolute atomic E-state index is 12.6. The smallest absolute Gasteiger partial charge is 0.243 e. The van der Waals surface area contributed by atoms with Crippen LogP contribution < -0.4 is 5.32 Å². The van der Waals surface area contributed by atoms with Gasteiger partial charge in [-0.1, -0.05) is 20.8 Å². The summed E-state index contributed by atoms with van der Waals surface area (Å²) in [4.78, 5) is 14.6. The molecule has 0 aromatic rings. The van der Waals surface area contributed by atoms with Gasteiger partial charge in [0.15, 0.2) is 0 Å². The fourth-order valence-corrected chi connectivity index (χ4v) is 2.69. The van der Waals surface area contributed by atoms with Crippen LogP contribution in [0, 0.1) is 5.92 Å². The molecule has 21 heavy (non-hydrogen) atoms. The van der Waals surface area contributed by atoms with E-state index in [0.29, 0.717) is 25.7 Å². The number of hydrogen-bond acceptors (Lipinski definition) is 4. The second kappa shape index (κ2) is 8.71. The Bertz CT molecular complexity index is 323. The Morgan fingerprint density at radius 3 is 2.62 bits per heavy atom. The summed E-state index contributed by atoms with van der Waals surface area (Å²) < 4.78 is 10.4. The van der Waals surface area contributed by atoms with Crippen molar-refractivity contribution in [1.29, 1.82) is 0 Å². The third-order valence-electron chi connectivity index (χ3n) is 4.12. The van der Waals surface area contributed by atoms with Crippen molar-refractivity contribution in [3.63, 3.8) is 0 Å². The van der Waals surface area contributed by atoms with E-state index in [1.807, 2.05) is 11.8 Å². The van der Waals surface area contributed by atoms with Crippen LogP contribution in [0.3, 0.4) is 0 Å². The Labute approximate surface area is 129 Å². The molecular formula is C16H32N2O3. The van der Waals surface area contributed by atoms with E-state index in [2.05, 4.69) is 26.1 Å². The standard InChI is InChI=1S/C16H32N2O3/c1-6-16(4)15(19)18(14(17-16)12-13(2)3)8-7-9-21-11-10-20-5/h13-14,17H,6-12H2,1-5H3. The van der Waals surface area contributed by atoms with E-state index < -0.39 is 5.54 Å². The van der Waals surface area contributed by atoms with Crippen LogP contribution in [0.5, 0.6) is 0 Å². The van der Waals surface area contributed by atoms with Crippen molar-refractivity contribution in [3.8, 4) is 0 Å². The van der Waals surface area contributed by atoms with E-state index in [1.165, 1.54) is 0 Å². The van der Waals surface area contributed by atoms with Crippen molar-refractivity contribution < 1.29 is 14.3 Å². The number of hydrogen-bond donors (Lipinski definition) is 1. The number of amides is 1. The fraction of sp³-hybridized carbons (Fsp3) is 0.938. The number of rotatable bonds is 10. The van der Waals surface area contributed by atoms with Crippen LogP contribution in [0.4, 0.5) is 0 Å². The minimum absolute atomic E-state index is 0.154. The third kappa shape index (κ3) is 5.24. The second-order valence-electron chi connectivity index (χ2n) is 6.43. The van der Waals surface area contributed by atoms with Gasteiger partial charge in [0.1, 0.15) is 0 Å². The molecule has 1 rings (SSSR count). The largest absolute Gasteiger partial charge is 0.382 e. The Kier molecular flexibility index (Phi) is 7.63. The first-order valence-electron chi connectivity index (χ1n) is 8.10. The van der Waals surface area contributed by atoms with Gasteiger partial charge in [-0.05, 0) is 32.1 Å². The summed E-state index contributed by atoms with van der Waals surface area (Å²) in [5, 5.41) is 3.52. The molecule has 0 bridgehead atoms. The monoisotopic (exact) mass is 300 g/mol. The number of carbonyl (C=O) groups excluding carboxylic acids is 1. The summed E-state index contributed by atoms with van der Waals surface area (Å²) in [6, 6.07) is 0. The number of methoxy groups -OCH3 is 1. The fourth-order valence-electron chi connectivity index (χ4n) is 2.69. The van der Waals surface area contributed by atoms with E-state index in [0.717, 1.165) is 25.8 Å². The maximum Gasteiger partial charge on any atom is 0.243 e. The molecule has 0 spiro atoms. The molecule has 1 N–H and O–H groups in total. The van der Waals surface area contributed by atoms with Gasteiger partial charge in [0.25, 0.3) is 0 Å². The molecule has 2 atom stereocenters.